The van der Waals surface area contributed by atoms with Crippen LogP contribution in [0.5, 0.6) is 0 Å². The van der Waals surface area contributed by atoms with Gasteiger partial charge in [-0.3, -0.25) is 15.1 Å². The second-order valence-corrected chi connectivity index (χ2v) is 11.5. The van der Waals surface area contributed by atoms with Gasteiger partial charge in [-0.2, -0.15) is 18.3 Å². The normalized spacial score (nSPS) is 28.7. The van der Waals surface area contributed by atoms with Crippen LogP contribution in [0.2, 0.25) is 0 Å². The van der Waals surface area contributed by atoms with E-state index in [0.717, 1.165) is 44.3 Å². The summed E-state index contributed by atoms with van der Waals surface area (Å²) < 4.78 is 48.3. The van der Waals surface area contributed by atoms with Crippen molar-refractivity contribution in [1.29, 1.82) is 0 Å². The molecule has 7 nitrogen and oxygen atoms in total. The summed E-state index contributed by atoms with van der Waals surface area (Å²) in [6.07, 6.45) is 0.883. The Morgan fingerprint density at radius 3 is 2.54 bits per heavy atom. The average molecular weight is 542 g/mol. The number of halogens is 3. The molecular formula is C29H34F3N5O2. The van der Waals surface area contributed by atoms with Crippen LogP contribution < -0.4 is 10.3 Å². The Morgan fingerprint density at radius 1 is 1.15 bits per heavy atom. The number of ether oxygens (including phenoxy) is 1. The van der Waals surface area contributed by atoms with Gasteiger partial charge in [0, 0.05) is 37.4 Å². The minimum absolute atomic E-state index is 0.0541. The van der Waals surface area contributed by atoms with Gasteiger partial charge < -0.3 is 14.5 Å². The van der Waals surface area contributed by atoms with Crippen LogP contribution in [0.15, 0.2) is 41.5 Å². The van der Waals surface area contributed by atoms with E-state index in [0.29, 0.717) is 17.8 Å². The van der Waals surface area contributed by atoms with Gasteiger partial charge in [-0.05, 0) is 86.7 Å². The van der Waals surface area contributed by atoms with Crippen LogP contribution in [-0.2, 0) is 29.4 Å². The lowest BCUT2D eigenvalue weighted by Gasteiger charge is -2.58. The number of rotatable bonds is 6. The van der Waals surface area contributed by atoms with Gasteiger partial charge in [0.1, 0.15) is 12.0 Å². The van der Waals surface area contributed by atoms with Gasteiger partial charge in [0.25, 0.3) is 5.91 Å². The van der Waals surface area contributed by atoms with Crippen LogP contribution in [-0.4, -0.2) is 61.1 Å². The van der Waals surface area contributed by atoms with E-state index in [1.165, 1.54) is 11.0 Å². The molecule has 0 radical (unpaired) electrons. The molecule has 1 unspecified atom stereocenters. The lowest BCUT2D eigenvalue weighted by Crippen LogP contribution is -2.69. The molecule has 3 heterocycles. The summed E-state index contributed by atoms with van der Waals surface area (Å²) in [5.41, 5.74) is 4.00. The van der Waals surface area contributed by atoms with Gasteiger partial charge in [-0.25, -0.2) is 0 Å². The van der Waals surface area contributed by atoms with Crippen LogP contribution in [0, 0.1) is 0 Å². The number of fused-ring (bicyclic) bond motifs is 1. The first kappa shape index (κ1) is 26.1. The Balaban J connectivity index is 1.35. The predicted molar refractivity (Wildman–Crippen MR) is 142 cm³/mol. The molecule has 0 spiro atoms. The fourth-order valence-corrected chi connectivity index (χ4v) is 6.87. The molecule has 0 bridgehead atoms. The molecule has 1 N–H and O–H groups in total. The molecule has 2 aromatic rings. The largest absolute Gasteiger partial charge is 0.416 e. The molecule has 2 fully saturated rings. The lowest BCUT2D eigenvalue weighted by atomic mass is 9.55. The van der Waals surface area contributed by atoms with Crippen molar-refractivity contribution < 1.29 is 22.7 Å². The van der Waals surface area contributed by atoms with E-state index in [-0.39, 0.29) is 35.1 Å². The number of carbonyl (C=O) groups is 1. The highest BCUT2D eigenvalue weighted by Gasteiger charge is 2.60. The molecule has 2 aromatic carbocycles. The molecule has 6 rings (SSSR count). The van der Waals surface area contributed by atoms with Gasteiger partial charge >= 0.3 is 6.18 Å². The minimum Gasteiger partial charge on any atom is -0.381 e. The second-order valence-electron chi connectivity index (χ2n) is 11.5. The number of hydrogen-bond donors (Lipinski definition) is 1. The molecule has 208 valence electrons. The Morgan fingerprint density at radius 2 is 1.90 bits per heavy atom. The highest BCUT2D eigenvalue weighted by Crippen LogP contribution is 2.54. The fraction of sp³-hybridized carbons (Fsp3) is 0.517. The van der Waals surface area contributed by atoms with Crippen molar-refractivity contribution in [3.63, 3.8) is 0 Å². The number of likely N-dealkylation sites (N-methyl/N-ethyl adjacent to an activating group) is 1. The van der Waals surface area contributed by atoms with Crippen molar-refractivity contribution in [1.82, 2.24) is 15.2 Å². The fourth-order valence-electron chi connectivity index (χ4n) is 6.87. The molecule has 4 aliphatic rings. The van der Waals surface area contributed by atoms with E-state index in [2.05, 4.69) is 22.4 Å². The number of likely N-dealkylation sites (tertiary alicyclic amines) is 1. The Kier molecular flexibility index (Phi) is 6.18. The van der Waals surface area contributed by atoms with Gasteiger partial charge in [0.05, 0.1) is 18.2 Å². The zero-order valence-electron chi connectivity index (χ0n) is 22.5. The zero-order valence-corrected chi connectivity index (χ0v) is 22.5. The number of carbonyl (C=O) groups excluding carboxylic acids is 1. The molecule has 10 heteroatoms. The molecule has 1 saturated heterocycles. The van der Waals surface area contributed by atoms with E-state index in [1.54, 1.807) is 25.6 Å². The van der Waals surface area contributed by atoms with Crippen LogP contribution in [0.25, 0.3) is 0 Å². The molecule has 0 aromatic heterocycles. The third-order valence-electron chi connectivity index (χ3n) is 9.36. The smallest absolute Gasteiger partial charge is 0.381 e. The Bertz CT molecular complexity index is 1320. The first-order valence-electron chi connectivity index (χ1n) is 13.5. The number of nitrogens with one attached hydrogen (secondary N) is 1. The van der Waals surface area contributed by atoms with E-state index >= 15 is 0 Å². The van der Waals surface area contributed by atoms with Gasteiger partial charge in [-0.15, -0.1) is 0 Å². The molecule has 1 saturated carbocycles. The molecule has 39 heavy (non-hydrogen) atoms. The summed E-state index contributed by atoms with van der Waals surface area (Å²) >= 11 is 0. The van der Waals surface area contributed by atoms with Gasteiger partial charge in [0.15, 0.2) is 0 Å². The van der Waals surface area contributed by atoms with Gasteiger partial charge in [0.2, 0.25) is 0 Å². The molecule has 1 amide bonds. The van der Waals surface area contributed by atoms with Crippen molar-refractivity contribution in [3.8, 4) is 0 Å². The highest BCUT2D eigenvalue weighted by molar-refractivity contribution is 6.10. The first-order chi connectivity index (χ1) is 18.6. The number of hydrazone groups is 1. The van der Waals surface area contributed by atoms with Crippen molar-refractivity contribution >= 4 is 17.9 Å². The Labute approximate surface area is 226 Å². The maximum Gasteiger partial charge on any atom is 0.416 e. The van der Waals surface area contributed by atoms with Gasteiger partial charge in [-0.1, -0.05) is 12.1 Å². The second kappa shape index (κ2) is 9.23. The average Bonchev–Trinajstić information content (AvgIpc) is 3.59. The van der Waals surface area contributed by atoms with Crippen LogP contribution in [0.3, 0.4) is 0 Å². The quantitative estimate of drug-likeness (QED) is 0.575. The van der Waals surface area contributed by atoms with Crippen LogP contribution in [0.4, 0.5) is 18.9 Å². The number of benzene rings is 2. The Hall–Kier alpha value is -3.11. The van der Waals surface area contributed by atoms with Crippen molar-refractivity contribution in [2.45, 2.75) is 69.1 Å². The molecule has 3 aliphatic heterocycles. The number of hydrogen-bond acceptors (Lipinski definition) is 6. The number of anilines is 1. The van der Waals surface area contributed by atoms with E-state index in [1.807, 2.05) is 30.1 Å². The zero-order chi connectivity index (χ0) is 27.6. The summed E-state index contributed by atoms with van der Waals surface area (Å²) in [6.45, 7) is 4.13. The maximum atomic E-state index is 14.2. The predicted octanol–water partition coefficient (Wildman–Crippen LogP) is 4.70. The number of amides is 1. The maximum absolute atomic E-state index is 14.2. The summed E-state index contributed by atoms with van der Waals surface area (Å²) in [5, 5.41) is 4.29. The highest BCUT2D eigenvalue weighted by atomic mass is 19.4. The minimum atomic E-state index is -4.54. The summed E-state index contributed by atoms with van der Waals surface area (Å²) in [4.78, 5) is 19.3. The van der Waals surface area contributed by atoms with E-state index in [4.69, 9.17) is 4.74 Å². The van der Waals surface area contributed by atoms with Crippen molar-refractivity contribution in [3.05, 3.63) is 64.2 Å². The van der Waals surface area contributed by atoms with E-state index < -0.39 is 17.4 Å². The summed E-state index contributed by atoms with van der Waals surface area (Å²) in [7, 11) is 3.67. The molecule has 1 atom stereocenters. The van der Waals surface area contributed by atoms with Crippen molar-refractivity contribution in [2.75, 3.05) is 32.1 Å². The molecular weight excluding hydrogens is 507 g/mol. The number of nitrogens with zero attached hydrogens (tertiary/aromatic N) is 4. The monoisotopic (exact) mass is 541 g/mol. The van der Waals surface area contributed by atoms with E-state index in [9.17, 15) is 18.0 Å². The summed E-state index contributed by atoms with van der Waals surface area (Å²) in [6, 6.07) is 10.6. The number of alkyl halides is 3. The SMILES string of the molecule is COC1CC(c2cccc(N3Cc4c(cc(CN5CCCC5)cc4C(F)(F)F)C3=O)c2)(C2(C)NN=CN2C)C1. The van der Waals surface area contributed by atoms with Crippen LogP contribution in [0.1, 0.15) is 65.2 Å². The topological polar surface area (TPSA) is 60.4 Å². The first-order valence-corrected chi connectivity index (χ1v) is 13.5. The lowest BCUT2D eigenvalue weighted by molar-refractivity contribution is -0.138. The third-order valence-corrected chi connectivity index (χ3v) is 9.36. The van der Waals surface area contributed by atoms with Crippen molar-refractivity contribution in [2.24, 2.45) is 5.10 Å². The third kappa shape index (κ3) is 4.10. The standard InChI is InChI=1S/C29H34F3N5O2/c1-27(34-33-18-35(27)2)28(14-22(15-28)39-3)20-7-6-8-21(13-20)37-17-24-23(26(37)38)11-19(12-25(24)29(30,31)32)16-36-9-4-5-10-36/h6-8,11-13,18,22,34H,4-5,9-10,14-17H2,1-3H3. The van der Waals surface area contributed by atoms with Crippen LogP contribution >= 0.6 is 0 Å². The summed E-state index contributed by atoms with van der Waals surface area (Å²) in [5.74, 6) is -0.390. The number of methoxy groups -OCH3 is 1. The molecule has 1 aliphatic carbocycles.